The Morgan fingerprint density at radius 1 is 1.26 bits per heavy atom. The molecule has 0 radical (unpaired) electrons. The van der Waals surface area contributed by atoms with Crippen LogP contribution in [0.15, 0.2) is 24.3 Å². The SMILES string of the molecule is Cc1nc(-c2ccccc2C(F)(F)F)c(C(C)N)s1. The molecular formula is C13H13F3N2S. The highest BCUT2D eigenvalue weighted by atomic mass is 32.1. The van der Waals surface area contributed by atoms with Gasteiger partial charge in [-0.05, 0) is 19.9 Å². The molecule has 2 nitrogen and oxygen atoms in total. The molecule has 2 N–H and O–H groups in total. The van der Waals surface area contributed by atoms with Crippen LogP contribution in [0.1, 0.15) is 28.4 Å². The predicted molar refractivity (Wildman–Crippen MR) is 69.9 cm³/mol. The van der Waals surface area contributed by atoms with Gasteiger partial charge in [-0.3, -0.25) is 0 Å². The third-order valence-electron chi connectivity index (χ3n) is 2.66. The number of aryl methyl sites for hydroxylation is 1. The van der Waals surface area contributed by atoms with E-state index >= 15 is 0 Å². The van der Waals surface area contributed by atoms with Crippen LogP contribution in [0.2, 0.25) is 0 Å². The van der Waals surface area contributed by atoms with Crippen molar-refractivity contribution >= 4 is 11.3 Å². The van der Waals surface area contributed by atoms with E-state index in [2.05, 4.69) is 4.98 Å². The summed E-state index contributed by atoms with van der Waals surface area (Å²) in [5.41, 5.74) is 5.56. The van der Waals surface area contributed by atoms with Gasteiger partial charge in [-0.25, -0.2) is 4.98 Å². The highest BCUT2D eigenvalue weighted by Gasteiger charge is 2.34. The minimum Gasteiger partial charge on any atom is -0.323 e. The van der Waals surface area contributed by atoms with Crippen molar-refractivity contribution in [3.63, 3.8) is 0 Å². The molecular weight excluding hydrogens is 273 g/mol. The maximum absolute atomic E-state index is 13.0. The van der Waals surface area contributed by atoms with Gasteiger partial charge in [0, 0.05) is 16.5 Å². The van der Waals surface area contributed by atoms with Crippen LogP contribution >= 0.6 is 11.3 Å². The molecule has 2 aromatic rings. The molecule has 0 spiro atoms. The van der Waals surface area contributed by atoms with Gasteiger partial charge in [0.1, 0.15) is 0 Å². The van der Waals surface area contributed by atoms with Crippen molar-refractivity contribution in [3.05, 3.63) is 39.7 Å². The summed E-state index contributed by atoms with van der Waals surface area (Å²) in [6.45, 7) is 3.50. The Kier molecular flexibility index (Phi) is 3.64. The summed E-state index contributed by atoms with van der Waals surface area (Å²) in [5, 5.41) is 0.708. The number of hydrogen-bond acceptors (Lipinski definition) is 3. The average molecular weight is 286 g/mol. The summed E-state index contributed by atoms with van der Waals surface area (Å²) in [4.78, 5) is 4.89. The fourth-order valence-corrected chi connectivity index (χ4v) is 2.77. The first-order valence-corrected chi connectivity index (χ1v) is 6.52. The molecule has 0 aliphatic carbocycles. The molecule has 0 saturated carbocycles. The number of benzene rings is 1. The van der Waals surface area contributed by atoms with Gasteiger partial charge in [0.2, 0.25) is 0 Å². The summed E-state index contributed by atoms with van der Waals surface area (Å²) < 4.78 is 39.1. The van der Waals surface area contributed by atoms with Gasteiger partial charge in [-0.1, -0.05) is 18.2 Å². The Bertz CT molecular complexity index is 588. The first-order chi connectivity index (χ1) is 8.80. The van der Waals surface area contributed by atoms with Crippen LogP contribution in [-0.2, 0) is 6.18 Å². The quantitative estimate of drug-likeness (QED) is 0.900. The summed E-state index contributed by atoms with van der Waals surface area (Å²) in [5.74, 6) is 0. The second kappa shape index (κ2) is 4.94. The summed E-state index contributed by atoms with van der Waals surface area (Å²) in [6.07, 6.45) is -4.40. The van der Waals surface area contributed by atoms with Crippen molar-refractivity contribution in [1.82, 2.24) is 4.98 Å². The standard InChI is InChI=1S/C13H13F3N2S/c1-7(17)12-11(18-8(2)19-12)9-5-3-4-6-10(9)13(14,15)16/h3-7H,17H2,1-2H3. The number of thiazole rings is 1. The normalized spacial score (nSPS) is 13.6. The molecule has 102 valence electrons. The molecule has 1 atom stereocenters. The van der Waals surface area contributed by atoms with Crippen molar-refractivity contribution in [1.29, 1.82) is 0 Å². The number of nitrogens with zero attached hydrogens (tertiary/aromatic N) is 1. The van der Waals surface area contributed by atoms with Crippen molar-refractivity contribution in [2.75, 3.05) is 0 Å². The van der Waals surface area contributed by atoms with Crippen LogP contribution in [0, 0.1) is 6.92 Å². The van der Waals surface area contributed by atoms with Crippen molar-refractivity contribution in [2.45, 2.75) is 26.1 Å². The average Bonchev–Trinajstić information content (AvgIpc) is 2.70. The third kappa shape index (κ3) is 2.79. The van der Waals surface area contributed by atoms with Gasteiger partial charge < -0.3 is 5.73 Å². The van der Waals surface area contributed by atoms with E-state index in [-0.39, 0.29) is 11.6 Å². The Morgan fingerprint density at radius 2 is 1.89 bits per heavy atom. The molecule has 0 aliphatic rings. The van der Waals surface area contributed by atoms with Crippen LogP contribution in [0.25, 0.3) is 11.3 Å². The second-order valence-corrected chi connectivity index (χ2v) is 5.51. The fourth-order valence-electron chi connectivity index (χ4n) is 1.88. The van der Waals surface area contributed by atoms with Gasteiger partial charge in [0.25, 0.3) is 0 Å². The molecule has 0 aliphatic heterocycles. The molecule has 1 heterocycles. The Labute approximate surface area is 113 Å². The largest absolute Gasteiger partial charge is 0.417 e. The molecule has 0 saturated heterocycles. The first-order valence-electron chi connectivity index (χ1n) is 5.70. The monoisotopic (exact) mass is 286 g/mol. The van der Waals surface area contributed by atoms with Crippen molar-refractivity contribution in [3.8, 4) is 11.3 Å². The highest BCUT2D eigenvalue weighted by molar-refractivity contribution is 7.12. The number of rotatable bonds is 2. The van der Waals surface area contributed by atoms with Gasteiger partial charge in [-0.15, -0.1) is 11.3 Å². The molecule has 19 heavy (non-hydrogen) atoms. The molecule has 1 aromatic carbocycles. The zero-order valence-electron chi connectivity index (χ0n) is 10.5. The number of hydrogen-bond donors (Lipinski definition) is 1. The minimum absolute atomic E-state index is 0.0895. The van der Waals surface area contributed by atoms with Crippen LogP contribution in [0.4, 0.5) is 13.2 Å². The van der Waals surface area contributed by atoms with E-state index in [1.54, 1.807) is 19.9 Å². The van der Waals surface area contributed by atoms with Crippen molar-refractivity contribution < 1.29 is 13.2 Å². The zero-order chi connectivity index (χ0) is 14.2. The predicted octanol–water partition coefficient (Wildman–Crippen LogP) is 4.16. The number of aromatic nitrogens is 1. The lowest BCUT2D eigenvalue weighted by atomic mass is 10.0. The Morgan fingerprint density at radius 3 is 2.47 bits per heavy atom. The summed E-state index contributed by atoms with van der Waals surface area (Å²) in [7, 11) is 0. The molecule has 6 heteroatoms. The van der Waals surface area contributed by atoms with Crippen molar-refractivity contribution in [2.24, 2.45) is 5.73 Å². The van der Waals surface area contributed by atoms with Crippen LogP contribution in [-0.4, -0.2) is 4.98 Å². The molecule has 1 aromatic heterocycles. The summed E-state index contributed by atoms with van der Waals surface area (Å²) >= 11 is 1.33. The topological polar surface area (TPSA) is 38.9 Å². The highest BCUT2D eigenvalue weighted by Crippen LogP contribution is 2.40. The van der Waals surface area contributed by atoms with Gasteiger partial charge >= 0.3 is 6.18 Å². The molecule has 0 bridgehead atoms. The van der Waals surface area contributed by atoms with Gasteiger partial charge in [0.05, 0.1) is 16.3 Å². The first kappa shape index (κ1) is 14.0. The van der Waals surface area contributed by atoms with E-state index in [0.717, 1.165) is 6.07 Å². The van der Waals surface area contributed by atoms with Crippen LogP contribution < -0.4 is 5.73 Å². The van der Waals surface area contributed by atoms with E-state index in [1.165, 1.54) is 23.5 Å². The van der Waals surface area contributed by atoms with Gasteiger partial charge in [0.15, 0.2) is 0 Å². The maximum Gasteiger partial charge on any atom is 0.417 e. The third-order valence-corrected chi connectivity index (χ3v) is 3.83. The molecule has 0 fully saturated rings. The van der Waals surface area contributed by atoms with Gasteiger partial charge in [-0.2, -0.15) is 13.2 Å². The van der Waals surface area contributed by atoms with Crippen LogP contribution in [0.5, 0.6) is 0 Å². The number of nitrogens with two attached hydrogens (primary N) is 1. The lowest BCUT2D eigenvalue weighted by Gasteiger charge is -2.13. The molecule has 1 unspecified atom stereocenters. The van der Waals surface area contributed by atoms with E-state index in [1.807, 2.05) is 0 Å². The zero-order valence-corrected chi connectivity index (χ0v) is 11.3. The van der Waals surface area contributed by atoms with E-state index in [4.69, 9.17) is 5.73 Å². The summed E-state index contributed by atoms with van der Waals surface area (Å²) in [6, 6.07) is 5.10. The van der Waals surface area contributed by atoms with Crippen LogP contribution in [0.3, 0.4) is 0 Å². The van der Waals surface area contributed by atoms with E-state index in [0.29, 0.717) is 15.6 Å². The molecule has 0 amide bonds. The smallest absolute Gasteiger partial charge is 0.323 e. The second-order valence-electron chi connectivity index (χ2n) is 4.28. The minimum atomic E-state index is -4.40. The van der Waals surface area contributed by atoms with E-state index in [9.17, 15) is 13.2 Å². The molecule has 2 rings (SSSR count). The fraction of sp³-hybridized carbons (Fsp3) is 0.308. The number of alkyl halides is 3. The Hall–Kier alpha value is -1.40. The Balaban J connectivity index is 2.66. The number of halogens is 3. The van der Waals surface area contributed by atoms with E-state index < -0.39 is 11.7 Å². The lowest BCUT2D eigenvalue weighted by molar-refractivity contribution is -0.137. The lowest BCUT2D eigenvalue weighted by Crippen LogP contribution is -2.09. The maximum atomic E-state index is 13.0.